The van der Waals surface area contributed by atoms with E-state index in [4.69, 9.17) is 26.8 Å². The van der Waals surface area contributed by atoms with Crippen LogP contribution in [-0.4, -0.2) is 13.2 Å². The van der Waals surface area contributed by atoms with E-state index in [0.717, 1.165) is 43.4 Å². The van der Waals surface area contributed by atoms with Crippen molar-refractivity contribution in [1.29, 1.82) is 0 Å². The lowest BCUT2D eigenvalue weighted by atomic mass is 10.0. The molecule has 2 N–H and O–H groups in total. The van der Waals surface area contributed by atoms with Gasteiger partial charge in [-0.05, 0) is 35.6 Å². The molecule has 6 heteroatoms. The van der Waals surface area contributed by atoms with Crippen molar-refractivity contribution in [2.75, 3.05) is 13.2 Å². The maximum Gasteiger partial charge on any atom is 0.162 e. The third-order valence-electron chi connectivity index (χ3n) is 3.41. The molecule has 3 rings (SSSR count). The fourth-order valence-electron chi connectivity index (χ4n) is 2.24. The number of thiophene rings is 1. The number of aryl methyl sites for hydroxylation is 1. The Kier molecular flexibility index (Phi) is 4.45. The number of ether oxygens (including phenoxy) is 2. The van der Waals surface area contributed by atoms with Gasteiger partial charge in [-0.1, -0.05) is 27.5 Å². The molecular formula is C15H15BrClNO2S. The normalized spacial score (nSPS) is 15.6. The maximum absolute atomic E-state index is 6.40. The summed E-state index contributed by atoms with van der Waals surface area (Å²) in [4.78, 5) is 0.962. The SMILES string of the molecule is Cc1csc(C(N)c2cc3c(cc2Br)OCCCO3)c1Cl. The molecule has 1 aliphatic heterocycles. The molecule has 3 nitrogen and oxygen atoms in total. The summed E-state index contributed by atoms with van der Waals surface area (Å²) < 4.78 is 12.3. The van der Waals surface area contributed by atoms with Crippen LogP contribution in [0.5, 0.6) is 11.5 Å². The summed E-state index contributed by atoms with van der Waals surface area (Å²) in [5, 5.41) is 2.76. The van der Waals surface area contributed by atoms with Crippen molar-refractivity contribution in [3.05, 3.63) is 43.0 Å². The maximum atomic E-state index is 6.40. The second-order valence-electron chi connectivity index (χ2n) is 4.95. The number of halogens is 2. The average molecular weight is 389 g/mol. The van der Waals surface area contributed by atoms with Gasteiger partial charge in [-0.3, -0.25) is 0 Å². The Morgan fingerprint density at radius 1 is 1.29 bits per heavy atom. The number of hydrogen-bond donors (Lipinski definition) is 1. The molecule has 1 unspecified atom stereocenters. The largest absolute Gasteiger partial charge is 0.490 e. The van der Waals surface area contributed by atoms with E-state index in [1.807, 2.05) is 24.4 Å². The fraction of sp³-hybridized carbons (Fsp3) is 0.333. The van der Waals surface area contributed by atoms with Crippen LogP contribution in [0.1, 0.15) is 28.5 Å². The quantitative estimate of drug-likeness (QED) is 0.812. The number of hydrogen-bond acceptors (Lipinski definition) is 4. The lowest BCUT2D eigenvalue weighted by Gasteiger charge is -2.16. The predicted octanol–water partition coefficient (Wildman–Crippen LogP) is 4.68. The van der Waals surface area contributed by atoms with Gasteiger partial charge in [0, 0.05) is 15.8 Å². The molecule has 0 saturated carbocycles. The predicted molar refractivity (Wildman–Crippen MR) is 89.8 cm³/mol. The van der Waals surface area contributed by atoms with Crippen LogP contribution in [0, 0.1) is 6.92 Å². The Morgan fingerprint density at radius 2 is 1.95 bits per heavy atom. The van der Waals surface area contributed by atoms with Gasteiger partial charge in [0.15, 0.2) is 11.5 Å². The number of fused-ring (bicyclic) bond motifs is 1. The molecule has 0 spiro atoms. The Hall–Kier alpha value is -0.750. The summed E-state index contributed by atoms with van der Waals surface area (Å²) in [7, 11) is 0. The summed E-state index contributed by atoms with van der Waals surface area (Å²) in [5.74, 6) is 1.49. The van der Waals surface area contributed by atoms with Gasteiger partial charge in [-0.25, -0.2) is 0 Å². The second kappa shape index (κ2) is 6.16. The molecule has 2 aromatic rings. The Labute approximate surface area is 141 Å². The first-order valence-electron chi connectivity index (χ1n) is 6.66. The molecule has 0 saturated heterocycles. The topological polar surface area (TPSA) is 44.5 Å². The van der Waals surface area contributed by atoms with Crippen LogP contribution in [0.25, 0.3) is 0 Å². The van der Waals surface area contributed by atoms with Gasteiger partial charge in [0.05, 0.1) is 24.3 Å². The van der Waals surface area contributed by atoms with Crippen LogP contribution in [0.3, 0.4) is 0 Å². The molecule has 2 heterocycles. The fourth-order valence-corrected chi connectivity index (χ4v) is 4.14. The zero-order chi connectivity index (χ0) is 15.0. The smallest absolute Gasteiger partial charge is 0.162 e. The van der Waals surface area contributed by atoms with Crippen molar-refractivity contribution in [1.82, 2.24) is 0 Å². The van der Waals surface area contributed by atoms with E-state index in [1.54, 1.807) is 11.3 Å². The average Bonchev–Trinajstić information content (AvgIpc) is 2.67. The van der Waals surface area contributed by atoms with Crippen molar-refractivity contribution < 1.29 is 9.47 Å². The molecule has 0 bridgehead atoms. The molecular weight excluding hydrogens is 374 g/mol. The lowest BCUT2D eigenvalue weighted by molar-refractivity contribution is 0.297. The first-order chi connectivity index (χ1) is 10.1. The van der Waals surface area contributed by atoms with E-state index in [-0.39, 0.29) is 6.04 Å². The summed E-state index contributed by atoms with van der Waals surface area (Å²) in [5.41, 5.74) is 8.40. The molecule has 112 valence electrons. The summed E-state index contributed by atoms with van der Waals surface area (Å²) in [6.07, 6.45) is 0.879. The molecule has 1 aromatic carbocycles. The van der Waals surface area contributed by atoms with E-state index in [1.165, 1.54) is 0 Å². The van der Waals surface area contributed by atoms with Gasteiger partial charge in [0.2, 0.25) is 0 Å². The van der Waals surface area contributed by atoms with Gasteiger partial charge >= 0.3 is 0 Å². The van der Waals surface area contributed by atoms with Gasteiger partial charge < -0.3 is 15.2 Å². The standard InChI is InChI=1S/C15H15BrClNO2S/c1-8-7-21-15(13(8)17)14(18)9-5-11-12(6-10(9)16)20-4-2-3-19-11/h5-7,14H,2-4,18H2,1H3. The molecule has 0 fully saturated rings. The van der Waals surface area contributed by atoms with E-state index in [9.17, 15) is 0 Å². The highest BCUT2D eigenvalue weighted by molar-refractivity contribution is 9.10. The van der Waals surface area contributed by atoms with Gasteiger partial charge in [0.25, 0.3) is 0 Å². The molecule has 1 aliphatic rings. The second-order valence-corrected chi connectivity index (χ2v) is 7.09. The van der Waals surface area contributed by atoms with E-state index in [0.29, 0.717) is 13.2 Å². The molecule has 0 amide bonds. The molecule has 1 atom stereocenters. The lowest BCUT2D eigenvalue weighted by Crippen LogP contribution is -2.12. The van der Waals surface area contributed by atoms with Crippen molar-refractivity contribution in [2.24, 2.45) is 5.73 Å². The van der Waals surface area contributed by atoms with E-state index < -0.39 is 0 Å². The van der Waals surface area contributed by atoms with Crippen LogP contribution in [0.15, 0.2) is 22.0 Å². The summed E-state index contributed by atoms with van der Waals surface area (Å²) in [6, 6.07) is 3.58. The molecule has 1 aromatic heterocycles. The van der Waals surface area contributed by atoms with Crippen LogP contribution in [0.4, 0.5) is 0 Å². The summed E-state index contributed by atoms with van der Waals surface area (Å²) >= 11 is 11.5. The minimum absolute atomic E-state index is 0.289. The molecule has 0 radical (unpaired) electrons. The minimum Gasteiger partial charge on any atom is -0.490 e. The zero-order valence-electron chi connectivity index (χ0n) is 11.5. The van der Waals surface area contributed by atoms with Gasteiger partial charge in [0.1, 0.15) is 0 Å². The van der Waals surface area contributed by atoms with Crippen molar-refractivity contribution in [3.63, 3.8) is 0 Å². The highest BCUT2D eigenvalue weighted by Crippen LogP contribution is 2.41. The summed E-state index contributed by atoms with van der Waals surface area (Å²) in [6.45, 7) is 3.31. The Bertz CT molecular complexity index is 674. The third-order valence-corrected chi connectivity index (χ3v) is 5.89. The minimum atomic E-state index is -0.289. The van der Waals surface area contributed by atoms with E-state index in [2.05, 4.69) is 15.9 Å². The highest BCUT2D eigenvalue weighted by Gasteiger charge is 2.22. The monoisotopic (exact) mass is 387 g/mol. The Balaban J connectivity index is 2.02. The van der Waals surface area contributed by atoms with Crippen LogP contribution in [0.2, 0.25) is 5.02 Å². The van der Waals surface area contributed by atoms with Crippen molar-refractivity contribution in [2.45, 2.75) is 19.4 Å². The number of nitrogens with two attached hydrogens (primary N) is 1. The number of rotatable bonds is 2. The zero-order valence-corrected chi connectivity index (χ0v) is 14.6. The highest BCUT2D eigenvalue weighted by atomic mass is 79.9. The van der Waals surface area contributed by atoms with Crippen LogP contribution < -0.4 is 15.2 Å². The van der Waals surface area contributed by atoms with Crippen LogP contribution >= 0.6 is 38.9 Å². The molecule has 0 aliphatic carbocycles. The van der Waals surface area contributed by atoms with E-state index >= 15 is 0 Å². The van der Waals surface area contributed by atoms with Crippen LogP contribution in [-0.2, 0) is 0 Å². The molecule has 21 heavy (non-hydrogen) atoms. The van der Waals surface area contributed by atoms with Crippen molar-refractivity contribution >= 4 is 38.9 Å². The number of benzene rings is 1. The van der Waals surface area contributed by atoms with Gasteiger partial charge in [-0.15, -0.1) is 11.3 Å². The first kappa shape index (κ1) is 15.2. The van der Waals surface area contributed by atoms with Crippen molar-refractivity contribution in [3.8, 4) is 11.5 Å². The van der Waals surface area contributed by atoms with Gasteiger partial charge in [-0.2, -0.15) is 0 Å². The first-order valence-corrected chi connectivity index (χ1v) is 8.71. The Morgan fingerprint density at radius 3 is 2.57 bits per heavy atom. The third kappa shape index (κ3) is 2.93.